The van der Waals surface area contributed by atoms with E-state index in [-0.39, 0.29) is 18.1 Å². The largest absolute Gasteiger partial charge is 0.396 e. The standard InChI is InChI=1S/C14H26N4O2/c1-10-12(11(2)18-17-10)8-16-13(20)15-7-5-6-14(3,4)9-19/h19H,5-9H2,1-4H3,(H,17,18)(H2,15,16,20). The van der Waals surface area contributed by atoms with Crippen LogP contribution in [0.5, 0.6) is 0 Å². The summed E-state index contributed by atoms with van der Waals surface area (Å²) in [4.78, 5) is 11.7. The summed E-state index contributed by atoms with van der Waals surface area (Å²) >= 11 is 0. The van der Waals surface area contributed by atoms with Crippen molar-refractivity contribution in [1.82, 2.24) is 20.8 Å². The molecule has 0 aromatic carbocycles. The van der Waals surface area contributed by atoms with Crippen LogP contribution in [-0.4, -0.2) is 34.5 Å². The average molecular weight is 282 g/mol. The topological polar surface area (TPSA) is 90.0 Å². The molecule has 1 heterocycles. The summed E-state index contributed by atoms with van der Waals surface area (Å²) in [5.41, 5.74) is 2.84. The first-order valence-electron chi connectivity index (χ1n) is 6.99. The van der Waals surface area contributed by atoms with Gasteiger partial charge < -0.3 is 15.7 Å². The van der Waals surface area contributed by atoms with E-state index in [4.69, 9.17) is 5.11 Å². The van der Waals surface area contributed by atoms with Gasteiger partial charge in [-0.2, -0.15) is 5.10 Å². The van der Waals surface area contributed by atoms with Crippen molar-refractivity contribution in [3.05, 3.63) is 17.0 Å². The van der Waals surface area contributed by atoms with Crippen LogP contribution in [0.25, 0.3) is 0 Å². The maximum absolute atomic E-state index is 11.7. The Kier molecular flexibility index (Phi) is 6.01. The summed E-state index contributed by atoms with van der Waals surface area (Å²) in [6.45, 7) is 9.12. The van der Waals surface area contributed by atoms with Crippen molar-refractivity contribution < 1.29 is 9.90 Å². The molecular formula is C14H26N4O2. The normalized spacial score (nSPS) is 11.4. The number of aliphatic hydroxyl groups excluding tert-OH is 1. The fourth-order valence-corrected chi connectivity index (χ4v) is 1.91. The molecule has 0 aliphatic rings. The Morgan fingerprint density at radius 2 is 2.05 bits per heavy atom. The van der Waals surface area contributed by atoms with E-state index in [1.54, 1.807) is 0 Å². The molecule has 0 saturated carbocycles. The van der Waals surface area contributed by atoms with Gasteiger partial charge in [-0.25, -0.2) is 4.79 Å². The molecule has 1 aromatic rings. The molecule has 0 saturated heterocycles. The zero-order chi connectivity index (χ0) is 15.2. The van der Waals surface area contributed by atoms with E-state index in [9.17, 15) is 4.79 Å². The highest BCUT2D eigenvalue weighted by atomic mass is 16.3. The molecule has 1 aromatic heterocycles. The van der Waals surface area contributed by atoms with Gasteiger partial charge in [0.2, 0.25) is 0 Å². The molecule has 0 radical (unpaired) electrons. The van der Waals surface area contributed by atoms with E-state index < -0.39 is 0 Å². The molecule has 1 rings (SSSR count). The third kappa shape index (κ3) is 5.21. The second-order valence-corrected chi connectivity index (χ2v) is 5.95. The van der Waals surface area contributed by atoms with Gasteiger partial charge in [-0.1, -0.05) is 13.8 Å². The van der Waals surface area contributed by atoms with E-state index in [1.165, 1.54) is 0 Å². The van der Waals surface area contributed by atoms with Crippen LogP contribution >= 0.6 is 0 Å². The number of carbonyl (C=O) groups is 1. The number of aromatic amines is 1. The molecule has 6 nitrogen and oxygen atoms in total. The number of nitrogens with zero attached hydrogens (tertiary/aromatic N) is 1. The predicted octanol–water partition coefficient (Wildman–Crippen LogP) is 1.62. The lowest BCUT2D eigenvalue weighted by atomic mass is 9.89. The summed E-state index contributed by atoms with van der Waals surface area (Å²) in [5.74, 6) is 0. The molecule has 0 spiro atoms. The van der Waals surface area contributed by atoms with Crippen molar-refractivity contribution in [3.63, 3.8) is 0 Å². The maximum atomic E-state index is 11.7. The van der Waals surface area contributed by atoms with Crippen LogP contribution in [0.1, 0.15) is 43.6 Å². The monoisotopic (exact) mass is 282 g/mol. The number of urea groups is 1. The number of hydrogen-bond donors (Lipinski definition) is 4. The second-order valence-electron chi connectivity index (χ2n) is 5.95. The average Bonchev–Trinajstić information content (AvgIpc) is 2.72. The van der Waals surface area contributed by atoms with Crippen LogP contribution < -0.4 is 10.6 Å². The molecule has 0 fully saturated rings. The lowest BCUT2D eigenvalue weighted by Gasteiger charge is -2.21. The van der Waals surface area contributed by atoms with Crippen molar-refractivity contribution in [2.24, 2.45) is 5.41 Å². The maximum Gasteiger partial charge on any atom is 0.315 e. The minimum atomic E-state index is -0.174. The molecular weight excluding hydrogens is 256 g/mol. The molecule has 0 aliphatic carbocycles. The predicted molar refractivity (Wildman–Crippen MR) is 78.4 cm³/mol. The smallest absolute Gasteiger partial charge is 0.315 e. The van der Waals surface area contributed by atoms with Crippen molar-refractivity contribution >= 4 is 6.03 Å². The SMILES string of the molecule is Cc1n[nH]c(C)c1CNC(=O)NCCCC(C)(C)CO. The number of carbonyl (C=O) groups excluding carboxylic acids is 1. The van der Waals surface area contributed by atoms with Crippen LogP contribution in [0.2, 0.25) is 0 Å². The fraction of sp³-hybridized carbons (Fsp3) is 0.714. The van der Waals surface area contributed by atoms with Gasteiger partial charge in [-0.15, -0.1) is 0 Å². The van der Waals surface area contributed by atoms with Gasteiger partial charge in [0.05, 0.1) is 5.69 Å². The zero-order valence-electron chi connectivity index (χ0n) is 12.8. The molecule has 6 heteroatoms. The van der Waals surface area contributed by atoms with Gasteiger partial charge in [0.15, 0.2) is 0 Å². The minimum absolute atomic E-state index is 0.0802. The Morgan fingerprint density at radius 3 is 2.60 bits per heavy atom. The van der Waals surface area contributed by atoms with Gasteiger partial charge >= 0.3 is 6.03 Å². The highest BCUT2D eigenvalue weighted by Crippen LogP contribution is 2.20. The summed E-state index contributed by atoms with van der Waals surface area (Å²) in [5, 5.41) is 21.7. The number of hydrogen-bond acceptors (Lipinski definition) is 3. The summed E-state index contributed by atoms with van der Waals surface area (Å²) in [7, 11) is 0. The van der Waals surface area contributed by atoms with Gasteiger partial charge in [-0.3, -0.25) is 5.10 Å². The molecule has 0 aliphatic heterocycles. The Morgan fingerprint density at radius 1 is 1.35 bits per heavy atom. The summed E-state index contributed by atoms with van der Waals surface area (Å²) < 4.78 is 0. The van der Waals surface area contributed by atoms with Gasteiger partial charge in [0, 0.05) is 31.0 Å². The zero-order valence-corrected chi connectivity index (χ0v) is 12.8. The molecule has 0 unspecified atom stereocenters. The molecule has 0 atom stereocenters. The first kappa shape index (κ1) is 16.5. The Balaban J connectivity index is 2.22. The van der Waals surface area contributed by atoms with E-state index in [1.807, 2.05) is 27.7 Å². The van der Waals surface area contributed by atoms with Crippen molar-refractivity contribution in [2.75, 3.05) is 13.2 Å². The molecule has 4 N–H and O–H groups in total. The quantitative estimate of drug-likeness (QED) is 0.573. The Labute approximate surface area is 120 Å². The number of rotatable bonds is 7. The summed E-state index contributed by atoms with van der Waals surface area (Å²) in [6.07, 6.45) is 1.73. The van der Waals surface area contributed by atoms with Crippen molar-refractivity contribution in [3.8, 4) is 0 Å². The molecule has 114 valence electrons. The number of amides is 2. The van der Waals surface area contributed by atoms with E-state index in [0.717, 1.165) is 29.8 Å². The van der Waals surface area contributed by atoms with E-state index in [2.05, 4.69) is 20.8 Å². The minimum Gasteiger partial charge on any atom is -0.396 e. The van der Waals surface area contributed by atoms with Gasteiger partial charge in [-0.05, 0) is 32.1 Å². The molecule has 20 heavy (non-hydrogen) atoms. The van der Waals surface area contributed by atoms with Gasteiger partial charge in [0.25, 0.3) is 0 Å². The van der Waals surface area contributed by atoms with Crippen LogP contribution in [0, 0.1) is 19.3 Å². The Hall–Kier alpha value is -1.56. The van der Waals surface area contributed by atoms with Crippen molar-refractivity contribution in [1.29, 1.82) is 0 Å². The molecule has 2 amide bonds. The number of aliphatic hydroxyl groups is 1. The lowest BCUT2D eigenvalue weighted by molar-refractivity contribution is 0.148. The fourth-order valence-electron chi connectivity index (χ4n) is 1.91. The number of nitrogens with one attached hydrogen (secondary N) is 3. The summed E-state index contributed by atoms with van der Waals surface area (Å²) in [6, 6.07) is -0.174. The van der Waals surface area contributed by atoms with E-state index >= 15 is 0 Å². The highest BCUT2D eigenvalue weighted by molar-refractivity contribution is 5.73. The first-order valence-corrected chi connectivity index (χ1v) is 6.99. The third-order valence-electron chi connectivity index (χ3n) is 3.45. The highest BCUT2D eigenvalue weighted by Gasteiger charge is 2.15. The first-order chi connectivity index (χ1) is 9.35. The number of aryl methyl sites for hydroxylation is 2. The third-order valence-corrected chi connectivity index (χ3v) is 3.45. The lowest BCUT2D eigenvalue weighted by Crippen LogP contribution is -2.36. The Bertz CT molecular complexity index is 421. The van der Waals surface area contributed by atoms with Crippen LogP contribution in [0.4, 0.5) is 4.79 Å². The van der Waals surface area contributed by atoms with Crippen molar-refractivity contribution in [2.45, 2.75) is 47.1 Å². The number of H-pyrrole nitrogens is 1. The van der Waals surface area contributed by atoms with Gasteiger partial charge in [0.1, 0.15) is 0 Å². The number of aromatic nitrogens is 2. The van der Waals surface area contributed by atoms with Crippen LogP contribution in [-0.2, 0) is 6.54 Å². The molecule has 0 bridgehead atoms. The van der Waals surface area contributed by atoms with E-state index in [0.29, 0.717) is 13.1 Å². The van der Waals surface area contributed by atoms with Crippen LogP contribution in [0.3, 0.4) is 0 Å². The second kappa shape index (κ2) is 7.28. The van der Waals surface area contributed by atoms with Crippen LogP contribution in [0.15, 0.2) is 0 Å².